The van der Waals surface area contributed by atoms with E-state index in [0.29, 0.717) is 11.1 Å². The lowest BCUT2D eigenvalue weighted by Crippen LogP contribution is -2.38. The molecule has 24 heavy (non-hydrogen) atoms. The van der Waals surface area contributed by atoms with Crippen LogP contribution in [-0.4, -0.2) is 23.0 Å². The maximum Gasteiger partial charge on any atom is 0.281 e. The van der Waals surface area contributed by atoms with Crippen LogP contribution in [0.2, 0.25) is 0 Å². The standard InChI is InChI=1S/C18H25N3O2S/c1-10(2)16(22)19-13-7-8-15-14(9-13)17(23)20-18(24-15)21(11(3)4)12(5)6/h7-12H,1-6H3,(H,19,22). The molecule has 0 aliphatic rings. The summed E-state index contributed by atoms with van der Waals surface area (Å²) in [6, 6.07) is 5.93. The zero-order valence-electron chi connectivity index (χ0n) is 15.1. The van der Waals surface area contributed by atoms with Gasteiger partial charge in [0, 0.05) is 28.4 Å². The molecule has 1 heterocycles. The molecule has 0 saturated carbocycles. The van der Waals surface area contributed by atoms with Crippen LogP contribution in [0.5, 0.6) is 0 Å². The van der Waals surface area contributed by atoms with Crippen molar-refractivity contribution in [3.05, 3.63) is 28.6 Å². The Hall–Kier alpha value is -1.95. The predicted octanol–water partition coefficient (Wildman–Crippen LogP) is 3.87. The zero-order valence-corrected chi connectivity index (χ0v) is 15.9. The number of amides is 1. The molecular formula is C18H25N3O2S. The number of carbonyl (C=O) groups is 1. The fourth-order valence-electron chi connectivity index (χ4n) is 2.57. The van der Waals surface area contributed by atoms with E-state index in [1.54, 1.807) is 6.07 Å². The highest BCUT2D eigenvalue weighted by Crippen LogP contribution is 2.28. The van der Waals surface area contributed by atoms with Crippen molar-refractivity contribution in [2.75, 3.05) is 10.2 Å². The lowest BCUT2D eigenvalue weighted by atomic mass is 10.2. The Kier molecular flexibility index (Phi) is 5.59. The summed E-state index contributed by atoms with van der Waals surface area (Å²) in [5.74, 6) is -0.179. The molecule has 0 aliphatic carbocycles. The molecule has 2 aromatic rings. The molecule has 1 aromatic heterocycles. The molecule has 1 N–H and O–H groups in total. The van der Waals surface area contributed by atoms with Gasteiger partial charge in [0.1, 0.15) is 0 Å². The Morgan fingerprint density at radius 1 is 1.12 bits per heavy atom. The number of aromatic nitrogens is 1. The summed E-state index contributed by atoms with van der Waals surface area (Å²) in [5.41, 5.74) is 0.371. The third kappa shape index (κ3) is 3.93. The summed E-state index contributed by atoms with van der Waals surface area (Å²) in [6.07, 6.45) is 0. The minimum absolute atomic E-state index is 0.0687. The number of anilines is 2. The second-order valence-corrected chi connectivity index (χ2v) is 7.76. The van der Waals surface area contributed by atoms with E-state index in [2.05, 4.69) is 42.9 Å². The van der Waals surface area contributed by atoms with Crippen molar-refractivity contribution in [3.63, 3.8) is 0 Å². The van der Waals surface area contributed by atoms with Gasteiger partial charge in [0.2, 0.25) is 5.91 Å². The summed E-state index contributed by atoms with van der Waals surface area (Å²) >= 11 is 1.50. The molecule has 2 rings (SSSR count). The van der Waals surface area contributed by atoms with E-state index in [1.165, 1.54) is 11.3 Å². The van der Waals surface area contributed by atoms with E-state index >= 15 is 0 Å². The molecule has 130 valence electrons. The van der Waals surface area contributed by atoms with Crippen molar-refractivity contribution in [1.29, 1.82) is 0 Å². The van der Waals surface area contributed by atoms with Crippen LogP contribution in [0.1, 0.15) is 41.5 Å². The minimum atomic E-state index is -0.259. The van der Waals surface area contributed by atoms with E-state index in [0.717, 1.165) is 9.83 Å². The van der Waals surface area contributed by atoms with Crippen LogP contribution in [0, 0.1) is 5.92 Å². The van der Waals surface area contributed by atoms with Crippen molar-refractivity contribution < 1.29 is 4.79 Å². The SMILES string of the molecule is CC(C)C(=O)Nc1ccc2sc(N(C(C)C)C(C)C)nc(=O)c2c1. The first-order chi connectivity index (χ1) is 11.2. The van der Waals surface area contributed by atoms with Crippen LogP contribution in [-0.2, 0) is 4.79 Å². The van der Waals surface area contributed by atoms with Crippen LogP contribution < -0.4 is 15.8 Å². The molecule has 0 atom stereocenters. The van der Waals surface area contributed by atoms with Crippen molar-refractivity contribution >= 4 is 38.1 Å². The highest BCUT2D eigenvalue weighted by atomic mass is 32.1. The maximum atomic E-state index is 12.5. The van der Waals surface area contributed by atoms with Crippen molar-refractivity contribution in [1.82, 2.24) is 4.98 Å². The molecule has 1 aromatic carbocycles. The minimum Gasteiger partial charge on any atom is -0.343 e. The van der Waals surface area contributed by atoms with Crippen molar-refractivity contribution in [3.8, 4) is 0 Å². The fourth-order valence-corrected chi connectivity index (χ4v) is 3.81. The van der Waals surface area contributed by atoms with Crippen LogP contribution in [0.4, 0.5) is 10.8 Å². The summed E-state index contributed by atoms with van der Waals surface area (Å²) < 4.78 is 0.874. The molecule has 1 amide bonds. The van der Waals surface area contributed by atoms with Crippen molar-refractivity contribution in [2.24, 2.45) is 5.92 Å². The Morgan fingerprint density at radius 3 is 2.29 bits per heavy atom. The summed E-state index contributed by atoms with van der Waals surface area (Å²) in [5, 5.41) is 4.10. The number of nitrogens with zero attached hydrogens (tertiary/aromatic N) is 2. The van der Waals surface area contributed by atoms with Crippen LogP contribution >= 0.6 is 11.3 Å². The van der Waals surface area contributed by atoms with Gasteiger partial charge >= 0.3 is 0 Å². The largest absolute Gasteiger partial charge is 0.343 e. The molecule has 0 fully saturated rings. The monoisotopic (exact) mass is 347 g/mol. The summed E-state index contributed by atoms with van der Waals surface area (Å²) in [6.45, 7) is 12.0. The van der Waals surface area contributed by atoms with E-state index in [1.807, 2.05) is 26.0 Å². The lowest BCUT2D eigenvalue weighted by molar-refractivity contribution is -0.118. The number of hydrogen-bond acceptors (Lipinski definition) is 5. The normalized spacial score (nSPS) is 11.5. The number of carbonyl (C=O) groups excluding carboxylic acids is 1. The zero-order chi connectivity index (χ0) is 18.0. The van der Waals surface area contributed by atoms with Gasteiger partial charge in [0.05, 0.1) is 5.39 Å². The Bertz CT molecular complexity index is 788. The van der Waals surface area contributed by atoms with Gasteiger partial charge in [-0.3, -0.25) is 9.59 Å². The fraction of sp³-hybridized carbons (Fsp3) is 0.500. The smallest absolute Gasteiger partial charge is 0.281 e. The molecule has 0 unspecified atom stereocenters. The molecular weight excluding hydrogens is 322 g/mol. The number of benzene rings is 1. The van der Waals surface area contributed by atoms with Gasteiger partial charge in [-0.1, -0.05) is 25.2 Å². The molecule has 0 bridgehead atoms. The van der Waals surface area contributed by atoms with Crippen molar-refractivity contribution in [2.45, 2.75) is 53.6 Å². The number of rotatable bonds is 5. The topological polar surface area (TPSA) is 62.3 Å². The Morgan fingerprint density at radius 2 is 1.75 bits per heavy atom. The van der Waals surface area contributed by atoms with Gasteiger partial charge in [-0.05, 0) is 45.9 Å². The number of hydrogen-bond donors (Lipinski definition) is 1. The first-order valence-corrected chi connectivity index (χ1v) is 9.06. The Balaban J connectivity index is 2.46. The molecule has 0 spiro atoms. The van der Waals surface area contributed by atoms with E-state index in [4.69, 9.17) is 0 Å². The van der Waals surface area contributed by atoms with Crippen LogP contribution in [0.25, 0.3) is 10.1 Å². The third-order valence-corrected chi connectivity index (χ3v) is 4.79. The first kappa shape index (κ1) is 18.4. The molecule has 6 heteroatoms. The summed E-state index contributed by atoms with van der Waals surface area (Å²) in [4.78, 5) is 30.7. The van der Waals surface area contributed by atoms with Gasteiger partial charge in [-0.25, -0.2) is 0 Å². The van der Waals surface area contributed by atoms with Gasteiger partial charge in [0.15, 0.2) is 5.13 Å². The van der Waals surface area contributed by atoms with E-state index < -0.39 is 0 Å². The molecule has 5 nitrogen and oxygen atoms in total. The quantitative estimate of drug-likeness (QED) is 0.892. The van der Waals surface area contributed by atoms with Gasteiger partial charge in [-0.15, -0.1) is 0 Å². The third-order valence-electron chi connectivity index (χ3n) is 3.73. The van der Waals surface area contributed by atoms with Crippen LogP contribution in [0.3, 0.4) is 0 Å². The number of nitrogens with one attached hydrogen (secondary N) is 1. The van der Waals surface area contributed by atoms with E-state index in [9.17, 15) is 9.59 Å². The van der Waals surface area contributed by atoms with Gasteiger partial charge in [0.25, 0.3) is 5.56 Å². The van der Waals surface area contributed by atoms with Gasteiger partial charge < -0.3 is 10.2 Å². The molecule has 0 radical (unpaired) electrons. The lowest BCUT2D eigenvalue weighted by Gasteiger charge is -2.31. The highest BCUT2D eigenvalue weighted by Gasteiger charge is 2.18. The average Bonchev–Trinajstić information content (AvgIpc) is 2.47. The predicted molar refractivity (Wildman–Crippen MR) is 102 cm³/mol. The first-order valence-electron chi connectivity index (χ1n) is 8.24. The Labute approximate surface area is 146 Å². The summed E-state index contributed by atoms with van der Waals surface area (Å²) in [7, 11) is 0. The second kappa shape index (κ2) is 7.30. The molecule has 0 aliphatic heterocycles. The highest BCUT2D eigenvalue weighted by molar-refractivity contribution is 7.21. The van der Waals surface area contributed by atoms with E-state index in [-0.39, 0.29) is 29.5 Å². The maximum absolute atomic E-state index is 12.5. The van der Waals surface area contributed by atoms with Gasteiger partial charge in [-0.2, -0.15) is 4.98 Å². The molecule has 0 saturated heterocycles. The average molecular weight is 347 g/mol. The number of fused-ring (bicyclic) bond motifs is 1. The van der Waals surface area contributed by atoms with Crippen LogP contribution in [0.15, 0.2) is 23.0 Å². The second-order valence-electron chi connectivity index (χ2n) is 6.75.